The van der Waals surface area contributed by atoms with Crippen molar-refractivity contribution in [1.29, 1.82) is 0 Å². The summed E-state index contributed by atoms with van der Waals surface area (Å²) in [5.41, 5.74) is 0.628. The summed E-state index contributed by atoms with van der Waals surface area (Å²) in [6, 6.07) is 8.65. The van der Waals surface area contributed by atoms with E-state index in [2.05, 4.69) is 31.7 Å². The zero-order chi connectivity index (χ0) is 14.5. The largest absolute Gasteiger partial charge is 0.360 e. The van der Waals surface area contributed by atoms with Crippen LogP contribution in [-0.2, 0) is 9.59 Å². The first-order chi connectivity index (χ1) is 9.52. The average Bonchev–Trinajstić information content (AvgIpc) is 2.77. The lowest BCUT2D eigenvalue weighted by atomic mass is 10.3. The van der Waals surface area contributed by atoms with Crippen molar-refractivity contribution in [3.63, 3.8) is 0 Å². The van der Waals surface area contributed by atoms with E-state index >= 15 is 0 Å². The first kappa shape index (κ1) is 14.3. The van der Waals surface area contributed by atoms with E-state index in [9.17, 15) is 9.59 Å². The molecule has 0 atom stereocenters. The van der Waals surface area contributed by atoms with Crippen LogP contribution in [0.5, 0.6) is 0 Å². The van der Waals surface area contributed by atoms with Gasteiger partial charge in [0.2, 0.25) is 11.8 Å². The lowest BCUT2D eigenvalue weighted by molar-refractivity contribution is -0.123. The maximum Gasteiger partial charge on any atom is 0.235 e. The van der Waals surface area contributed by atoms with Crippen LogP contribution in [0, 0.1) is 6.92 Å². The molecule has 0 saturated carbocycles. The molecule has 2 amide bonds. The van der Waals surface area contributed by atoms with Gasteiger partial charge in [-0.3, -0.25) is 9.59 Å². The Morgan fingerprint density at radius 1 is 1.20 bits per heavy atom. The number of amides is 2. The number of hydrogen-bond acceptors (Lipinski definition) is 4. The van der Waals surface area contributed by atoms with Gasteiger partial charge in [0.15, 0.2) is 5.82 Å². The maximum absolute atomic E-state index is 11.7. The van der Waals surface area contributed by atoms with Gasteiger partial charge >= 0.3 is 0 Å². The third kappa shape index (κ3) is 4.20. The summed E-state index contributed by atoms with van der Waals surface area (Å²) in [6.45, 7) is 1.71. The smallest absolute Gasteiger partial charge is 0.235 e. The summed E-state index contributed by atoms with van der Waals surface area (Å²) in [4.78, 5) is 23.3. The molecular weight excluding hydrogens is 326 g/mol. The van der Waals surface area contributed by atoms with Gasteiger partial charge in [0, 0.05) is 16.2 Å². The fraction of sp³-hybridized carbons (Fsp3) is 0.154. The minimum atomic E-state index is -0.451. The molecule has 0 saturated heterocycles. The SMILES string of the molecule is Cc1cc(NC(=O)CC(=O)Nc2ccc(Br)cc2)no1. The lowest BCUT2D eigenvalue weighted by Gasteiger charge is -2.05. The van der Waals surface area contributed by atoms with E-state index in [-0.39, 0.29) is 6.42 Å². The van der Waals surface area contributed by atoms with Gasteiger partial charge in [0.25, 0.3) is 0 Å². The van der Waals surface area contributed by atoms with Crippen LogP contribution in [0.15, 0.2) is 39.3 Å². The summed E-state index contributed by atoms with van der Waals surface area (Å²) in [7, 11) is 0. The summed E-state index contributed by atoms with van der Waals surface area (Å²) in [6.07, 6.45) is -0.290. The Balaban J connectivity index is 1.84. The topological polar surface area (TPSA) is 84.2 Å². The van der Waals surface area contributed by atoms with Crippen LogP contribution in [0.25, 0.3) is 0 Å². The Kier molecular flexibility index (Phi) is 4.52. The zero-order valence-electron chi connectivity index (χ0n) is 10.6. The molecule has 0 aliphatic rings. The van der Waals surface area contributed by atoms with E-state index in [4.69, 9.17) is 4.52 Å². The van der Waals surface area contributed by atoms with Crippen LogP contribution < -0.4 is 10.6 Å². The summed E-state index contributed by atoms with van der Waals surface area (Å²) < 4.78 is 5.72. The van der Waals surface area contributed by atoms with E-state index in [1.807, 2.05) is 0 Å². The Hall–Kier alpha value is -2.15. The molecule has 0 spiro atoms. The lowest BCUT2D eigenvalue weighted by Crippen LogP contribution is -2.21. The van der Waals surface area contributed by atoms with Crippen molar-refractivity contribution < 1.29 is 14.1 Å². The van der Waals surface area contributed by atoms with Crippen molar-refractivity contribution in [2.75, 3.05) is 10.6 Å². The Labute approximate surface area is 123 Å². The predicted octanol–water partition coefficient (Wildman–Crippen LogP) is 2.71. The normalized spacial score (nSPS) is 10.1. The molecule has 1 aromatic carbocycles. The van der Waals surface area contributed by atoms with E-state index in [1.54, 1.807) is 37.3 Å². The van der Waals surface area contributed by atoms with E-state index in [0.717, 1.165) is 4.47 Å². The number of carbonyl (C=O) groups excluding carboxylic acids is 2. The first-order valence-electron chi connectivity index (χ1n) is 5.81. The minimum absolute atomic E-state index is 0.290. The number of halogens is 1. The number of nitrogens with one attached hydrogen (secondary N) is 2. The van der Waals surface area contributed by atoms with Crippen LogP contribution in [0.1, 0.15) is 12.2 Å². The third-order valence-electron chi connectivity index (χ3n) is 2.34. The van der Waals surface area contributed by atoms with Gasteiger partial charge in [-0.25, -0.2) is 0 Å². The molecule has 6 nitrogen and oxygen atoms in total. The molecule has 1 heterocycles. The number of aryl methyl sites for hydroxylation is 1. The molecule has 0 radical (unpaired) electrons. The van der Waals surface area contributed by atoms with Crippen LogP contribution in [0.3, 0.4) is 0 Å². The highest BCUT2D eigenvalue weighted by molar-refractivity contribution is 9.10. The first-order valence-corrected chi connectivity index (χ1v) is 6.61. The monoisotopic (exact) mass is 337 g/mol. The van der Waals surface area contributed by atoms with Crippen molar-refractivity contribution >= 4 is 39.2 Å². The Morgan fingerprint density at radius 3 is 2.45 bits per heavy atom. The van der Waals surface area contributed by atoms with Gasteiger partial charge in [0.05, 0.1) is 0 Å². The molecule has 20 heavy (non-hydrogen) atoms. The second-order valence-electron chi connectivity index (χ2n) is 4.10. The summed E-state index contributed by atoms with van der Waals surface area (Å²) >= 11 is 3.30. The second-order valence-corrected chi connectivity index (χ2v) is 5.02. The van der Waals surface area contributed by atoms with E-state index in [0.29, 0.717) is 17.3 Å². The van der Waals surface area contributed by atoms with Gasteiger partial charge < -0.3 is 15.2 Å². The third-order valence-corrected chi connectivity index (χ3v) is 2.87. The molecule has 2 aromatic rings. The highest BCUT2D eigenvalue weighted by atomic mass is 79.9. The van der Waals surface area contributed by atoms with Crippen molar-refractivity contribution in [1.82, 2.24) is 5.16 Å². The number of hydrogen-bond donors (Lipinski definition) is 2. The number of aromatic nitrogens is 1. The van der Waals surface area contributed by atoms with Gasteiger partial charge in [-0.15, -0.1) is 0 Å². The highest BCUT2D eigenvalue weighted by Crippen LogP contribution is 2.14. The zero-order valence-corrected chi connectivity index (χ0v) is 12.2. The number of rotatable bonds is 4. The van der Waals surface area contributed by atoms with Crippen molar-refractivity contribution in [3.05, 3.63) is 40.6 Å². The van der Waals surface area contributed by atoms with Crippen molar-refractivity contribution in [2.45, 2.75) is 13.3 Å². The van der Waals surface area contributed by atoms with E-state index < -0.39 is 11.8 Å². The molecular formula is C13H12BrN3O3. The molecule has 104 valence electrons. The van der Waals surface area contributed by atoms with Gasteiger partial charge in [-0.1, -0.05) is 21.1 Å². The standard InChI is InChI=1S/C13H12BrN3O3/c1-8-6-11(17-20-8)16-13(19)7-12(18)15-10-4-2-9(14)3-5-10/h2-6H,7H2,1H3,(H,15,18)(H,16,17,19). The van der Waals surface area contributed by atoms with Gasteiger partial charge in [0.1, 0.15) is 12.2 Å². The summed E-state index contributed by atoms with van der Waals surface area (Å²) in [5, 5.41) is 8.72. The number of nitrogens with zero attached hydrogens (tertiary/aromatic N) is 1. The van der Waals surface area contributed by atoms with Crippen molar-refractivity contribution in [3.8, 4) is 0 Å². The number of carbonyl (C=O) groups is 2. The number of anilines is 2. The molecule has 7 heteroatoms. The van der Waals surface area contributed by atoms with Crippen LogP contribution >= 0.6 is 15.9 Å². The highest BCUT2D eigenvalue weighted by Gasteiger charge is 2.11. The second kappa shape index (κ2) is 6.33. The molecule has 2 N–H and O–H groups in total. The molecule has 1 aromatic heterocycles. The average molecular weight is 338 g/mol. The fourth-order valence-electron chi connectivity index (χ4n) is 1.50. The molecule has 0 bridgehead atoms. The van der Waals surface area contributed by atoms with E-state index in [1.165, 1.54) is 0 Å². The van der Waals surface area contributed by atoms with Crippen LogP contribution in [-0.4, -0.2) is 17.0 Å². The molecule has 0 aliphatic carbocycles. The van der Waals surface area contributed by atoms with Crippen molar-refractivity contribution in [2.24, 2.45) is 0 Å². The summed E-state index contributed by atoms with van der Waals surface area (Å²) in [5.74, 6) is 0.0292. The van der Waals surface area contributed by atoms with Crippen LogP contribution in [0.4, 0.5) is 11.5 Å². The molecule has 2 rings (SSSR count). The molecule has 0 fully saturated rings. The number of benzene rings is 1. The van der Waals surface area contributed by atoms with Gasteiger partial charge in [-0.05, 0) is 31.2 Å². The Morgan fingerprint density at radius 2 is 1.85 bits per heavy atom. The molecule has 0 unspecified atom stereocenters. The van der Waals surface area contributed by atoms with Gasteiger partial charge in [-0.2, -0.15) is 0 Å². The minimum Gasteiger partial charge on any atom is -0.360 e. The predicted molar refractivity (Wildman–Crippen MR) is 77.3 cm³/mol. The maximum atomic E-state index is 11.7. The molecule has 0 aliphatic heterocycles. The fourth-order valence-corrected chi connectivity index (χ4v) is 1.76. The quantitative estimate of drug-likeness (QED) is 0.840. The Bertz CT molecular complexity index is 622. The van der Waals surface area contributed by atoms with Crippen LogP contribution in [0.2, 0.25) is 0 Å².